The predicted molar refractivity (Wildman–Crippen MR) is 59.2 cm³/mol. The molecule has 14 heavy (non-hydrogen) atoms. The predicted octanol–water partition coefficient (Wildman–Crippen LogP) is 1.94. The van der Waals surface area contributed by atoms with Crippen LogP contribution in [0.15, 0.2) is 18.5 Å². The summed E-state index contributed by atoms with van der Waals surface area (Å²) in [5.41, 5.74) is 7.27. The number of aromatic nitrogens is 1. The minimum Gasteiger partial charge on any atom is -0.379 e. The monoisotopic (exact) mass is 193 g/mol. The molecule has 1 fully saturated rings. The number of anilines is 1. The second-order valence-electron chi connectivity index (χ2n) is 4.34. The first-order chi connectivity index (χ1) is 6.77. The van der Waals surface area contributed by atoms with Crippen LogP contribution in [0, 0.1) is 5.92 Å². The van der Waals surface area contributed by atoms with Crippen LogP contribution in [0.25, 0.3) is 0 Å². The molecule has 1 aromatic rings. The molecule has 1 aliphatic rings. The smallest absolute Gasteiger partial charge is 0.0520 e. The standard InChI is InChI=1S/C11H19N3/c1-8-3-2-4-10(12)11(8)14-9-5-6-13-7-9/h5-8,10-11,13-14H,2-4,12H2,1H3. The Morgan fingerprint density at radius 2 is 2.36 bits per heavy atom. The van der Waals surface area contributed by atoms with Gasteiger partial charge in [-0.1, -0.05) is 13.3 Å². The van der Waals surface area contributed by atoms with Gasteiger partial charge in [0, 0.05) is 24.5 Å². The number of H-pyrrole nitrogens is 1. The lowest BCUT2D eigenvalue weighted by Gasteiger charge is -2.35. The van der Waals surface area contributed by atoms with Gasteiger partial charge in [0.15, 0.2) is 0 Å². The minimum atomic E-state index is 0.300. The van der Waals surface area contributed by atoms with E-state index in [2.05, 4.69) is 17.2 Å². The molecular weight excluding hydrogens is 174 g/mol. The molecule has 3 nitrogen and oxygen atoms in total. The molecule has 2 rings (SSSR count). The highest BCUT2D eigenvalue weighted by atomic mass is 15.0. The highest BCUT2D eigenvalue weighted by Gasteiger charge is 2.27. The first kappa shape index (κ1) is 9.59. The SMILES string of the molecule is CC1CCCC(N)C1Nc1cc[nH]c1. The van der Waals surface area contributed by atoms with E-state index in [0.29, 0.717) is 18.0 Å². The van der Waals surface area contributed by atoms with Crippen molar-refractivity contribution in [3.63, 3.8) is 0 Å². The van der Waals surface area contributed by atoms with Gasteiger partial charge in [0.2, 0.25) is 0 Å². The summed E-state index contributed by atoms with van der Waals surface area (Å²) in [6, 6.07) is 2.78. The van der Waals surface area contributed by atoms with Crippen LogP contribution in [-0.4, -0.2) is 17.1 Å². The van der Waals surface area contributed by atoms with Gasteiger partial charge in [0.05, 0.1) is 5.69 Å². The van der Waals surface area contributed by atoms with Crippen LogP contribution in [0.4, 0.5) is 5.69 Å². The maximum Gasteiger partial charge on any atom is 0.0520 e. The van der Waals surface area contributed by atoms with Crippen LogP contribution in [0.2, 0.25) is 0 Å². The number of hydrogen-bond donors (Lipinski definition) is 3. The maximum atomic E-state index is 6.11. The van der Waals surface area contributed by atoms with Crippen molar-refractivity contribution in [3.8, 4) is 0 Å². The molecular formula is C11H19N3. The molecule has 0 spiro atoms. The molecule has 78 valence electrons. The molecule has 1 aliphatic carbocycles. The van der Waals surface area contributed by atoms with Gasteiger partial charge in [-0.3, -0.25) is 0 Å². The first-order valence-corrected chi connectivity index (χ1v) is 5.42. The van der Waals surface area contributed by atoms with Crippen molar-refractivity contribution in [2.75, 3.05) is 5.32 Å². The molecule has 3 unspecified atom stereocenters. The third kappa shape index (κ3) is 1.93. The number of aromatic amines is 1. The van der Waals surface area contributed by atoms with Crippen LogP contribution in [0.1, 0.15) is 26.2 Å². The van der Waals surface area contributed by atoms with Gasteiger partial charge < -0.3 is 16.0 Å². The fourth-order valence-corrected chi connectivity index (χ4v) is 2.31. The van der Waals surface area contributed by atoms with Crippen LogP contribution < -0.4 is 11.1 Å². The number of hydrogen-bond acceptors (Lipinski definition) is 2. The van der Waals surface area contributed by atoms with Crippen molar-refractivity contribution < 1.29 is 0 Å². The average Bonchev–Trinajstić information content (AvgIpc) is 2.64. The lowest BCUT2D eigenvalue weighted by molar-refractivity contribution is 0.310. The van der Waals surface area contributed by atoms with Gasteiger partial charge in [-0.25, -0.2) is 0 Å². The van der Waals surface area contributed by atoms with E-state index in [0.717, 1.165) is 12.1 Å². The molecule has 0 radical (unpaired) electrons. The van der Waals surface area contributed by atoms with E-state index in [1.165, 1.54) is 12.8 Å². The van der Waals surface area contributed by atoms with E-state index in [-0.39, 0.29) is 0 Å². The summed E-state index contributed by atoms with van der Waals surface area (Å²) in [6.07, 6.45) is 7.62. The summed E-state index contributed by atoms with van der Waals surface area (Å²) in [5.74, 6) is 0.675. The van der Waals surface area contributed by atoms with E-state index >= 15 is 0 Å². The Labute approximate surface area is 85.1 Å². The zero-order valence-electron chi connectivity index (χ0n) is 8.66. The number of nitrogens with one attached hydrogen (secondary N) is 2. The van der Waals surface area contributed by atoms with Crippen LogP contribution >= 0.6 is 0 Å². The first-order valence-electron chi connectivity index (χ1n) is 5.42. The van der Waals surface area contributed by atoms with Crippen molar-refractivity contribution in [2.24, 2.45) is 11.7 Å². The van der Waals surface area contributed by atoms with Crippen molar-refractivity contribution in [1.82, 2.24) is 4.98 Å². The third-order valence-corrected chi connectivity index (χ3v) is 3.20. The fourth-order valence-electron chi connectivity index (χ4n) is 2.31. The van der Waals surface area contributed by atoms with Crippen LogP contribution in [0.3, 0.4) is 0 Å². The molecule has 0 saturated heterocycles. The van der Waals surface area contributed by atoms with E-state index in [4.69, 9.17) is 5.73 Å². The lowest BCUT2D eigenvalue weighted by atomic mass is 9.82. The van der Waals surface area contributed by atoms with Crippen molar-refractivity contribution in [1.29, 1.82) is 0 Å². The maximum absolute atomic E-state index is 6.11. The quantitative estimate of drug-likeness (QED) is 0.672. The van der Waals surface area contributed by atoms with E-state index in [1.807, 2.05) is 18.5 Å². The van der Waals surface area contributed by atoms with Gasteiger partial charge in [-0.15, -0.1) is 0 Å². The van der Waals surface area contributed by atoms with Crippen LogP contribution in [-0.2, 0) is 0 Å². The summed E-state index contributed by atoms with van der Waals surface area (Å²) >= 11 is 0. The summed E-state index contributed by atoms with van der Waals surface area (Å²) in [4.78, 5) is 3.05. The number of nitrogens with two attached hydrogens (primary N) is 1. The lowest BCUT2D eigenvalue weighted by Crippen LogP contribution is -2.47. The van der Waals surface area contributed by atoms with E-state index in [9.17, 15) is 0 Å². The van der Waals surface area contributed by atoms with Gasteiger partial charge in [-0.05, 0) is 24.8 Å². The van der Waals surface area contributed by atoms with Crippen molar-refractivity contribution in [3.05, 3.63) is 18.5 Å². The Balaban J connectivity index is 2.01. The van der Waals surface area contributed by atoms with E-state index in [1.54, 1.807) is 0 Å². The molecule has 1 heterocycles. The number of rotatable bonds is 2. The topological polar surface area (TPSA) is 53.8 Å². The zero-order valence-corrected chi connectivity index (χ0v) is 8.66. The third-order valence-electron chi connectivity index (χ3n) is 3.20. The highest BCUT2D eigenvalue weighted by molar-refractivity contribution is 5.42. The van der Waals surface area contributed by atoms with Gasteiger partial charge in [0.1, 0.15) is 0 Å². The molecule has 3 atom stereocenters. The molecule has 1 saturated carbocycles. The van der Waals surface area contributed by atoms with Crippen molar-refractivity contribution >= 4 is 5.69 Å². The van der Waals surface area contributed by atoms with Gasteiger partial charge in [0.25, 0.3) is 0 Å². The Kier molecular flexibility index (Phi) is 2.77. The van der Waals surface area contributed by atoms with E-state index < -0.39 is 0 Å². The molecule has 3 heteroatoms. The normalized spacial score (nSPS) is 32.9. The zero-order chi connectivity index (χ0) is 9.97. The highest BCUT2D eigenvalue weighted by Crippen LogP contribution is 2.25. The molecule has 0 aromatic carbocycles. The molecule has 0 bridgehead atoms. The molecule has 0 amide bonds. The second kappa shape index (κ2) is 4.05. The second-order valence-corrected chi connectivity index (χ2v) is 4.34. The van der Waals surface area contributed by atoms with Crippen LogP contribution in [0.5, 0.6) is 0 Å². The minimum absolute atomic E-state index is 0.300. The molecule has 0 aliphatic heterocycles. The molecule has 1 aromatic heterocycles. The summed E-state index contributed by atoms with van der Waals surface area (Å²) < 4.78 is 0. The summed E-state index contributed by atoms with van der Waals surface area (Å²) in [6.45, 7) is 2.28. The Hall–Kier alpha value is -0.960. The van der Waals surface area contributed by atoms with Crippen molar-refractivity contribution in [2.45, 2.75) is 38.3 Å². The summed E-state index contributed by atoms with van der Waals surface area (Å²) in [7, 11) is 0. The Morgan fingerprint density at radius 1 is 1.50 bits per heavy atom. The fraction of sp³-hybridized carbons (Fsp3) is 0.636. The van der Waals surface area contributed by atoms with Gasteiger partial charge >= 0.3 is 0 Å². The Bertz CT molecular complexity index is 258. The Morgan fingerprint density at radius 3 is 3.00 bits per heavy atom. The van der Waals surface area contributed by atoms with Gasteiger partial charge in [-0.2, -0.15) is 0 Å². The largest absolute Gasteiger partial charge is 0.379 e. The average molecular weight is 193 g/mol. The summed E-state index contributed by atoms with van der Waals surface area (Å²) in [5, 5.41) is 3.50. The molecule has 4 N–H and O–H groups in total.